The van der Waals surface area contributed by atoms with Crippen molar-refractivity contribution in [2.24, 2.45) is 14.1 Å². The summed E-state index contributed by atoms with van der Waals surface area (Å²) in [5, 5.41) is 8.44. The standard InChI is InChI=1S/C17H17N7O3/c1-21-10-18-14-13(21)16(26)23(17(27)22(14)2)8-5-9-24-15(25)11-6-3-4-7-12(11)19-20-24/h3-4,6-7,10H,5,8-9H2,1-2H3. The van der Waals surface area contributed by atoms with Crippen molar-refractivity contribution in [3.8, 4) is 0 Å². The maximum atomic E-state index is 12.7. The number of rotatable bonds is 4. The predicted molar refractivity (Wildman–Crippen MR) is 98.6 cm³/mol. The van der Waals surface area contributed by atoms with Crippen molar-refractivity contribution in [1.82, 2.24) is 33.7 Å². The van der Waals surface area contributed by atoms with Crippen LogP contribution in [0.5, 0.6) is 0 Å². The number of fused-ring (bicyclic) bond motifs is 2. The number of aromatic nitrogens is 7. The number of hydrogen-bond acceptors (Lipinski definition) is 6. The molecule has 1 aromatic carbocycles. The van der Waals surface area contributed by atoms with Gasteiger partial charge in [0.25, 0.3) is 11.1 Å². The summed E-state index contributed by atoms with van der Waals surface area (Å²) in [7, 11) is 3.28. The zero-order chi connectivity index (χ0) is 19.1. The number of benzene rings is 1. The third-order valence-electron chi connectivity index (χ3n) is 4.58. The molecule has 4 aromatic rings. The number of hydrogen-bond donors (Lipinski definition) is 0. The highest BCUT2D eigenvalue weighted by atomic mass is 16.2. The molecule has 0 saturated heterocycles. The Labute approximate surface area is 151 Å². The van der Waals surface area contributed by atoms with Crippen LogP contribution in [0.1, 0.15) is 6.42 Å². The highest BCUT2D eigenvalue weighted by Gasteiger charge is 2.14. The first-order chi connectivity index (χ1) is 13.0. The van der Waals surface area contributed by atoms with Gasteiger partial charge in [0.2, 0.25) is 0 Å². The lowest BCUT2D eigenvalue weighted by atomic mass is 10.2. The molecule has 0 unspecified atom stereocenters. The summed E-state index contributed by atoms with van der Waals surface area (Å²) in [6.45, 7) is 0.406. The van der Waals surface area contributed by atoms with Crippen molar-refractivity contribution in [3.05, 3.63) is 61.8 Å². The van der Waals surface area contributed by atoms with E-state index < -0.39 is 11.2 Å². The van der Waals surface area contributed by atoms with Crippen LogP contribution >= 0.6 is 0 Å². The average Bonchev–Trinajstić information content (AvgIpc) is 3.06. The van der Waals surface area contributed by atoms with Crippen LogP contribution in [0.4, 0.5) is 0 Å². The second kappa shape index (κ2) is 6.31. The van der Waals surface area contributed by atoms with Crippen LogP contribution in [-0.4, -0.2) is 33.7 Å². The van der Waals surface area contributed by atoms with Gasteiger partial charge in [-0.2, -0.15) is 0 Å². The van der Waals surface area contributed by atoms with E-state index in [-0.39, 0.29) is 18.6 Å². The largest absolute Gasteiger partial charge is 0.332 e. The normalized spacial score (nSPS) is 11.5. The number of aryl methyl sites for hydroxylation is 3. The highest BCUT2D eigenvalue weighted by molar-refractivity contribution is 5.76. The zero-order valence-corrected chi connectivity index (χ0v) is 14.9. The molecule has 3 heterocycles. The van der Waals surface area contributed by atoms with Crippen LogP contribution < -0.4 is 16.8 Å². The van der Waals surface area contributed by atoms with Gasteiger partial charge in [-0.3, -0.25) is 18.7 Å². The van der Waals surface area contributed by atoms with Crippen molar-refractivity contribution in [3.63, 3.8) is 0 Å². The summed E-state index contributed by atoms with van der Waals surface area (Å²) in [5.74, 6) is 0. The van der Waals surface area contributed by atoms with Crippen LogP contribution in [0.3, 0.4) is 0 Å². The Balaban J connectivity index is 1.64. The van der Waals surface area contributed by atoms with E-state index in [0.29, 0.717) is 28.5 Å². The van der Waals surface area contributed by atoms with Crippen LogP contribution in [0.25, 0.3) is 22.1 Å². The van der Waals surface area contributed by atoms with Crippen LogP contribution in [0, 0.1) is 0 Å². The maximum absolute atomic E-state index is 12.7. The Morgan fingerprint density at radius 2 is 1.78 bits per heavy atom. The molecule has 0 spiro atoms. The van der Waals surface area contributed by atoms with Crippen molar-refractivity contribution in [1.29, 1.82) is 0 Å². The van der Waals surface area contributed by atoms with Crippen LogP contribution in [0.2, 0.25) is 0 Å². The SMILES string of the molecule is Cn1cnc2c1c(=O)n(CCCn1nnc3ccccc3c1=O)c(=O)n2C. The van der Waals surface area contributed by atoms with E-state index in [4.69, 9.17) is 0 Å². The van der Waals surface area contributed by atoms with E-state index in [1.165, 1.54) is 15.6 Å². The Morgan fingerprint density at radius 3 is 2.59 bits per heavy atom. The highest BCUT2D eigenvalue weighted by Crippen LogP contribution is 2.05. The molecule has 0 atom stereocenters. The molecule has 4 rings (SSSR count). The molecule has 0 radical (unpaired) electrons. The third-order valence-corrected chi connectivity index (χ3v) is 4.58. The van der Waals surface area contributed by atoms with E-state index in [1.807, 2.05) is 0 Å². The van der Waals surface area contributed by atoms with Gasteiger partial charge in [-0.25, -0.2) is 14.5 Å². The average molecular weight is 367 g/mol. The molecule has 3 aromatic heterocycles. The minimum atomic E-state index is -0.442. The molecule has 138 valence electrons. The molecule has 0 saturated carbocycles. The molecule has 0 N–H and O–H groups in total. The van der Waals surface area contributed by atoms with E-state index >= 15 is 0 Å². The molecular formula is C17H17N7O3. The van der Waals surface area contributed by atoms with E-state index in [9.17, 15) is 14.4 Å². The molecule has 0 aliphatic rings. The number of imidazole rings is 1. The van der Waals surface area contributed by atoms with Crippen LogP contribution in [-0.2, 0) is 27.2 Å². The first-order valence-corrected chi connectivity index (χ1v) is 8.42. The molecule has 0 amide bonds. The molecule has 0 bridgehead atoms. The minimum absolute atomic E-state index is 0.160. The monoisotopic (exact) mass is 367 g/mol. The van der Waals surface area contributed by atoms with Gasteiger partial charge in [-0.05, 0) is 18.6 Å². The van der Waals surface area contributed by atoms with E-state index in [0.717, 1.165) is 4.57 Å². The summed E-state index contributed by atoms with van der Waals surface area (Å²) in [6, 6.07) is 6.97. The van der Waals surface area contributed by atoms with Gasteiger partial charge in [0, 0.05) is 27.2 Å². The number of nitrogens with zero attached hydrogens (tertiary/aromatic N) is 7. The Kier molecular flexibility index (Phi) is 3.94. The molecule has 10 heteroatoms. The van der Waals surface area contributed by atoms with Crippen molar-refractivity contribution < 1.29 is 0 Å². The van der Waals surface area contributed by atoms with Gasteiger partial charge >= 0.3 is 5.69 Å². The summed E-state index contributed by atoms with van der Waals surface area (Å²) < 4.78 is 5.34. The summed E-state index contributed by atoms with van der Waals surface area (Å²) in [5.41, 5.74) is 0.154. The summed E-state index contributed by atoms with van der Waals surface area (Å²) in [4.78, 5) is 41.7. The molecule has 10 nitrogen and oxygen atoms in total. The topological polar surface area (TPSA) is 110 Å². The second-order valence-corrected chi connectivity index (χ2v) is 6.31. The zero-order valence-electron chi connectivity index (χ0n) is 14.9. The van der Waals surface area contributed by atoms with Gasteiger partial charge in [-0.1, -0.05) is 17.3 Å². The van der Waals surface area contributed by atoms with Gasteiger partial charge in [-0.15, -0.1) is 5.10 Å². The summed E-state index contributed by atoms with van der Waals surface area (Å²) >= 11 is 0. The fourth-order valence-corrected chi connectivity index (χ4v) is 3.14. The van der Waals surface area contributed by atoms with Crippen molar-refractivity contribution >= 4 is 22.1 Å². The smallest absolute Gasteiger partial charge is 0.328 e. The van der Waals surface area contributed by atoms with Gasteiger partial charge in [0.1, 0.15) is 5.52 Å². The first-order valence-electron chi connectivity index (χ1n) is 8.42. The van der Waals surface area contributed by atoms with E-state index in [1.54, 1.807) is 42.9 Å². The first kappa shape index (κ1) is 16.9. The molecule has 27 heavy (non-hydrogen) atoms. The summed E-state index contributed by atoms with van der Waals surface area (Å²) in [6.07, 6.45) is 1.88. The van der Waals surface area contributed by atoms with Crippen molar-refractivity contribution in [2.75, 3.05) is 0 Å². The van der Waals surface area contributed by atoms with Crippen LogP contribution in [0.15, 0.2) is 45.0 Å². The Hall–Kier alpha value is -3.56. The van der Waals surface area contributed by atoms with Gasteiger partial charge < -0.3 is 4.57 Å². The fraction of sp³-hybridized carbons (Fsp3) is 0.294. The molecular weight excluding hydrogens is 350 g/mol. The predicted octanol–water partition coefficient (Wildman–Crippen LogP) is -0.371. The second-order valence-electron chi connectivity index (χ2n) is 6.31. The lowest BCUT2D eigenvalue weighted by Gasteiger charge is -2.09. The van der Waals surface area contributed by atoms with Crippen molar-refractivity contribution in [2.45, 2.75) is 19.5 Å². The Morgan fingerprint density at radius 1 is 1.00 bits per heavy atom. The van der Waals surface area contributed by atoms with Gasteiger partial charge in [0.05, 0.1) is 11.7 Å². The quantitative estimate of drug-likeness (QED) is 0.487. The Bertz CT molecular complexity index is 1340. The van der Waals surface area contributed by atoms with E-state index in [2.05, 4.69) is 15.3 Å². The van der Waals surface area contributed by atoms with Gasteiger partial charge in [0.15, 0.2) is 11.2 Å². The minimum Gasteiger partial charge on any atom is -0.328 e. The molecule has 0 aliphatic carbocycles. The molecule has 0 aliphatic heterocycles. The third kappa shape index (κ3) is 2.65. The fourth-order valence-electron chi connectivity index (χ4n) is 3.14. The maximum Gasteiger partial charge on any atom is 0.332 e. The lowest BCUT2D eigenvalue weighted by Crippen LogP contribution is -2.40. The lowest BCUT2D eigenvalue weighted by molar-refractivity contribution is 0.474. The molecule has 0 fully saturated rings.